The molecule has 2 aliphatic rings. The van der Waals surface area contributed by atoms with Crippen LogP contribution in [0.1, 0.15) is 30.4 Å². The van der Waals surface area contributed by atoms with Gasteiger partial charge < -0.3 is 19.8 Å². The summed E-state index contributed by atoms with van der Waals surface area (Å²) in [6.07, 6.45) is -4.21. The fourth-order valence-corrected chi connectivity index (χ4v) is 4.20. The minimum absolute atomic E-state index is 0.136. The van der Waals surface area contributed by atoms with Crippen molar-refractivity contribution in [1.82, 2.24) is 9.80 Å². The van der Waals surface area contributed by atoms with E-state index < -0.39 is 29.6 Å². The standard InChI is InChI=1S/C22H25F3N2O5/c1-13-17(20(28)29)18(14-3-5-15(6-4-14)22(23,24)25)19(21(30)31)16(26(13)2)7-8-27-9-11-32-12-10-27/h3-6,18H,7-12H2,1-2H3,(H,28,29)(H,30,31). The maximum atomic E-state index is 13.0. The number of benzene rings is 1. The van der Waals surface area contributed by atoms with E-state index in [-0.39, 0.29) is 16.7 Å². The topological polar surface area (TPSA) is 90.3 Å². The highest BCUT2D eigenvalue weighted by atomic mass is 19.4. The molecule has 1 aromatic rings. The molecule has 0 amide bonds. The van der Waals surface area contributed by atoms with E-state index in [1.54, 1.807) is 18.9 Å². The van der Waals surface area contributed by atoms with Crippen molar-refractivity contribution in [3.8, 4) is 0 Å². The van der Waals surface area contributed by atoms with Crippen molar-refractivity contribution in [3.05, 3.63) is 57.9 Å². The van der Waals surface area contributed by atoms with Gasteiger partial charge in [0.2, 0.25) is 0 Å². The minimum atomic E-state index is -4.55. The molecule has 7 nitrogen and oxygen atoms in total. The van der Waals surface area contributed by atoms with Gasteiger partial charge in [0.25, 0.3) is 0 Å². The molecule has 1 unspecified atom stereocenters. The zero-order valence-electron chi connectivity index (χ0n) is 17.8. The SMILES string of the molecule is CC1=C(C(=O)O)C(c2ccc(C(F)(F)F)cc2)C(C(=O)O)=C(CCN2CCOCC2)N1C. The molecule has 2 heterocycles. The second-order valence-corrected chi connectivity index (χ2v) is 7.79. The molecule has 174 valence electrons. The third kappa shape index (κ3) is 4.81. The summed E-state index contributed by atoms with van der Waals surface area (Å²) in [7, 11) is 1.61. The Morgan fingerprint density at radius 1 is 1.06 bits per heavy atom. The molecule has 1 fully saturated rings. The molecule has 1 saturated heterocycles. The Kier molecular flexibility index (Phi) is 6.94. The first kappa shape index (κ1) is 23.8. The minimum Gasteiger partial charge on any atom is -0.478 e. The zero-order valence-corrected chi connectivity index (χ0v) is 17.8. The fraction of sp³-hybridized carbons (Fsp3) is 0.455. The second kappa shape index (κ2) is 9.33. The van der Waals surface area contributed by atoms with E-state index in [9.17, 15) is 33.0 Å². The van der Waals surface area contributed by atoms with Gasteiger partial charge >= 0.3 is 18.1 Å². The van der Waals surface area contributed by atoms with E-state index in [1.165, 1.54) is 0 Å². The molecule has 10 heteroatoms. The highest BCUT2D eigenvalue weighted by molar-refractivity contribution is 5.98. The van der Waals surface area contributed by atoms with Crippen LogP contribution < -0.4 is 0 Å². The number of morpholine rings is 1. The van der Waals surface area contributed by atoms with Crippen LogP contribution in [-0.4, -0.2) is 71.8 Å². The molecule has 0 aliphatic carbocycles. The Labute approximate surface area is 183 Å². The first-order valence-corrected chi connectivity index (χ1v) is 10.1. The normalized spacial score (nSPS) is 20.7. The number of carboxylic acid groups (broad SMARTS) is 2. The quantitative estimate of drug-likeness (QED) is 0.683. The zero-order chi connectivity index (χ0) is 23.6. The second-order valence-electron chi connectivity index (χ2n) is 7.79. The molecule has 1 atom stereocenters. The summed E-state index contributed by atoms with van der Waals surface area (Å²) >= 11 is 0. The average molecular weight is 454 g/mol. The van der Waals surface area contributed by atoms with Gasteiger partial charge in [-0.3, -0.25) is 4.90 Å². The molecule has 2 N–H and O–H groups in total. The number of carbonyl (C=O) groups is 2. The molecule has 0 aromatic heterocycles. The van der Waals surface area contributed by atoms with Crippen LogP contribution in [0.15, 0.2) is 46.8 Å². The van der Waals surface area contributed by atoms with E-state index in [4.69, 9.17) is 4.74 Å². The van der Waals surface area contributed by atoms with Gasteiger partial charge in [-0.1, -0.05) is 12.1 Å². The van der Waals surface area contributed by atoms with Crippen molar-refractivity contribution in [2.45, 2.75) is 25.4 Å². The summed E-state index contributed by atoms with van der Waals surface area (Å²) in [5.41, 5.74) is -0.215. The number of halogens is 3. The largest absolute Gasteiger partial charge is 0.478 e. The average Bonchev–Trinajstić information content (AvgIpc) is 2.74. The Hall–Kier alpha value is -2.85. The summed E-state index contributed by atoms with van der Waals surface area (Å²) in [6, 6.07) is 3.99. The van der Waals surface area contributed by atoms with Gasteiger partial charge in [0.15, 0.2) is 0 Å². The Morgan fingerprint density at radius 2 is 1.62 bits per heavy atom. The number of alkyl halides is 3. The Morgan fingerprint density at radius 3 is 2.12 bits per heavy atom. The lowest BCUT2D eigenvalue weighted by atomic mass is 9.79. The fourth-order valence-electron chi connectivity index (χ4n) is 4.20. The van der Waals surface area contributed by atoms with Crippen LogP contribution >= 0.6 is 0 Å². The number of hydrogen-bond acceptors (Lipinski definition) is 5. The predicted octanol–water partition coefficient (Wildman–Crippen LogP) is 3.15. The predicted molar refractivity (Wildman–Crippen MR) is 109 cm³/mol. The summed E-state index contributed by atoms with van der Waals surface area (Å²) in [5, 5.41) is 19.9. The van der Waals surface area contributed by atoms with Gasteiger partial charge in [-0.05, 0) is 24.6 Å². The van der Waals surface area contributed by atoms with Gasteiger partial charge in [0.1, 0.15) is 0 Å². The molecule has 32 heavy (non-hydrogen) atoms. The van der Waals surface area contributed by atoms with Gasteiger partial charge in [-0.25, -0.2) is 9.59 Å². The monoisotopic (exact) mass is 454 g/mol. The molecule has 2 aliphatic heterocycles. The molecule has 0 radical (unpaired) electrons. The summed E-state index contributed by atoms with van der Waals surface area (Å²) in [6.45, 7) is 4.70. The highest BCUT2D eigenvalue weighted by Crippen LogP contribution is 2.43. The van der Waals surface area contributed by atoms with Crippen molar-refractivity contribution in [2.24, 2.45) is 0 Å². The van der Waals surface area contributed by atoms with E-state index in [2.05, 4.69) is 4.90 Å². The van der Waals surface area contributed by atoms with Gasteiger partial charge in [-0.2, -0.15) is 13.2 Å². The molecular formula is C22H25F3N2O5. The number of allylic oxidation sites excluding steroid dienone is 1. The lowest BCUT2D eigenvalue weighted by molar-refractivity contribution is -0.138. The number of aliphatic carboxylic acids is 2. The molecule has 0 saturated carbocycles. The van der Waals surface area contributed by atoms with Crippen LogP contribution in [0.3, 0.4) is 0 Å². The molecule has 1 aromatic carbocycles. The van der Waals surface area contributed by atoms with Gasteiger partial charge in [-0.15, -0.1) is 0 Å². The first-order chi connectivity index (χ1) is 15.0. The summed E-state index contributed by atoms with van der Waals surface area (Å²) < 4.78 is 44.3. The molecule has 0 spiro atoms. The smallest absolute Gasteiger partial charge is 0.416 e. The number of rotatable bonds is 6. The number of nitrogens with zero attached hydrogens (tertiary/aromatic N) is 2. The van der Waals surface area contributed by atoms with E-state index in [0.29, 0.717) is 50.7 Å². The number of ether oxygens (including phenoxy) is 1. The Balaban J connectivity index is 2.07. The maximum Gasteiger partial charge on any atom is 0.416 e. The van der Waals surface area contributed by atoms with Crippen molar-refractivity contribution in [1.29, 1.82) is 0 Å². The number of carboxylic acids is 2. The third-order valence-corrected chi connectivity index (χ3v) is 5.99. The molecule has 0 bridgehead atoms. The van der Waals surface area contributed by atoms with Gasteiger partial charge in [0, 0.05) is 44.5 Å². The van der Waals surface area contributed by atoms with Crippen molar-refractivity contribution >= 4 is 11.9 Å². The third-order valence-electron chi connectivity index (χ3n) is 5.99. The van der Waals surface area contributed by atoms with Crippen molar-refractivity contribution in [3.63, 3.8) is 0 Å². The van der Waals surface area contributed by atoms with Crippen LogP contribution in [-0.2, 0) is 20.5 Å². The van der Waals surface area contributed by atoms with Crippen molar-refractivity contribution < 1.29 is 37.7 Å². The van der Waals surface area contributed by atoms with E-state index >= 15 is 0 Å². The first-order valence-electron chi connectivity index (χ1n) is 10.1. The van der Waals surface area contributed by atoms with Crippen LogP contribution in [0.2, 0.25) is 0 Å². The van der Waals surface area contributed by atoms with Crippen LogP contribution in [0.4, 0.5) is 13.2 Å². The van der Waals surface area contributed by atoms with E-state index in [0.717, 1.165) is 24.3 Å². The van der Waals surface area contributed by atoms with Crippen LogP contribution in [0.5, 0.6) is 0 Å². The Bertz CT molecular complexity index is 947. The highest BCUT2D eigenvalue weighted by Gasteiger charge is 2.40. The lowest BCUT2D eigenvalue weighted by Gasteiger charge is -2.37. The van der Waals surface area contributed by atoms with E-state index in [1.807, 2.05) is 0 Å². The lowest BCUT2D eigenvalue weighted by Crippen LogP contribution is -2.39. The van der Waals surface area contributed by atoms with Crippen LogP contribution in [0.25, 0.3) is 0 Å². The summed E-state index contributed by atoms with van der Waals surface area (Å²) in [5.74, 6) is -3.81. The molecular weight excluding hydrogens is 429 g/mol. The maximum absolute atomic E-state index is 13.0. The van der Waals surface area contributed by atoms with Crippen molar-refractivity contribution in [2.75, 3.05) is 39.9 Å². The molecule has 3 rings (SSSR count). The summed E-state index contributed by atoms with van der Waals surface area (Å²) in [4.78, 5) is 28.1. The number of hydrogen-bond donors (Lipinski definition) is 2. The van der Waals surface area contributed by atoms with Gasteiger partial charge in [0.05, 0.1) is 35.8 Å². The van der Waals surface area contributed by atoms with Crippen LogP contribution in [0, 0.1) is 0 Å².